The lowest BCUT2D eigenvalue weighted by Crippen LogP contribution is -2.32. The zero-order valence-electron chi connectivity index (χ0n) is 33.9. The van der Waals surface area contributed by atoms with E-state index in [9.17, 15) is 14.0 Å². The van der Waals surface area contributed by atoms with E-state index in [1.165, 1.54) is 29.8 Å². The molecule has 3 aromatic heterocycles. The van der Waals surface area contributed by atoms with Crippen LogP contribution in [0.15, 0.2) is 97.5 Å². The molecule has 12 nitrogen and oxygen atoms in total. The average molecular weight is 875 g/mol. The number of carbonyl (C=O) groups excluding carboxylic acids is 2. The number of esters is 1. The first kappa shape index (κ1) is 42.4. The van der Waals surface area contributed by atoms with Crippen LogP contribution in [-0.4, -0.2) is 65.2 Å². The summed E-state index contributed by atoms with van der Waals surface area (Å²) in [5.41, 5.74) is 5.72. The van der Waals surface area contributed by atoms with Crippen molar-refractivity contribution >= 4 is 45.4 Å². The van der Waals surface area contributed by atoms with E-state index in [4.69, 9.17) is 45.0 Å². The number of aldehydes is 1. The molecule has 8 rings (SSSR count). The third kappa shape index (κ3) is 9.00. The van der Waals surface area contributed by atoms with Crippen molar-refractivity contribution in [2.45, 2.75) is 45.7 Å². The Bertz CT molecular complexity index is 2740. The van der Waals surface area contributed by atoms with Gasteiger partial charge >= 0.3 is 5.97 Å². The standard InChI is InChI=1S/C47H40ClFN4O8S/c1-4-57-46(55)38(23-30-22-28(24-54)10-17-36(30)60-25-32-18-19-50-43(53-32)34-8-5-6-9-37(34)56-3)61-44-40-39(33-15-16-35(41(48)27(33)2)47-58-20-7-21-59-47)42(62-45(40)52-26-51-44)29-11-13-31(49)14-12-29/h5-6,8-19,22,24,26,38,47H,4,7,20-21,23,25H2,1-3H3/t38-/m1/s1. The van der Waals surface area contributed by atoms with Crippen LogP contribution in [0, 0.1) is 12.7 Å². The SMILES string of the molecule is CCOC(=O)[C@@H](Cc1cc(C=O)ccc1OCc1ccnc(-c2ccccc2OC)n1)Oc1ncnc2sc(-c3ccc(F)cc3)c(-c3ccc(C4OCCCO4)c(Cl)c3C)c12. The van der Waals surface area contributed by atoms with E-state index < -0.39 is 18.4 Å². The van der Waals surface area contributed by atoms with Gasteiger partial charge in [0.05, 0.1) is 48.6 Å². The average Bonchev–Trinajstić information content (AvgIpc) is 3.70. The number of hydrogen-bond donors (Lipinski definition) is 0. The molecule has 0 spiro atoms. The van der Waals surface area contributed by atoms with E-state index in [1.807, 2.05) is 43.3 Å². The second-order valence-corrected chi connectivity index (χ2v) is 15.5. The largest absolute Gasteiger partial charge is 0.496 e. The van der Waals surface area contributed by atoms with Gasteiger partial charge in [-0.25, -0.2) is 29.1 Å². The number of methoxy groups -OCH3 is 1. The van der Waals surface area contributed by atoms with E-state index in [2.05, 4.69) is 15.0 Å². The van der Waals surface area contributed by atoms with Crippen LogP contribution in [0.25, 0.3) is 43.2 Å². The molecule has 0 amide bonds. The second-order valence-electron chi connectivity index (χ2n) is 14.1. The van der Waals surface area contributed by atoms with Crippen LogP contribution in [0.2, 0.25) is 5.02 Å². The van der Waals surface area contributed by atoms with Crippen LogP contribution in [0.3, 0.4) is 0 Å². The molecule has 62 heavy (non-hydrogen) atoms. The third-order valence-corrected chi connectivity index (χ3v) is 11.8. The van der Waals surface area contributed by atoms with Gasteiger partial charge in [0.15, 0.2) is 12.1 Å². The van der Waals surface area contributed by atoms with Gasteiger partial charge in [-0.15, -0.1) is 11.3 Å². The van der Waals surface area contributed by atoms with E-state index >= 15 is 0 Å². The topological polar surface area (TPSA) is 141 Å². The maximum atomic E-state index is 14.2. The minimum Gasteiger partial charge on any atom is -0.496 e. The van der Waals surface area contributed by atoms with Crippen LogP contribution in [0.4, 0.5) is 4.39 Å². The molecule has 0 unspecified atom stereocenters. The molecule has 316 valence electrons. The summed E-state index contributed by atoms with van der Waals surface area (Å²) in [7, 11) is 1.58. The van der Waals surface area contributed by atoms with E-state index in [1.54, 1.807) is 56.6 Å². The number of ether oxygens (including phenoxy) is 6. The highest BCUT2D eigenvalue weighted by atomic mass is 35.5. The van der Waals surface area contributed by atoms with Crippen molar-refractivity contribution < 1.29 is 42.4 Å². The van der Waals surface area contributed by atoms with Gasteiger partial charge in [-0.1, -0.05) is 48.0 Å². The minimum atomic E-state index is -1.26. The van der Waals surface area contributed by atoms with Crippen LogP contribution in [-0.2, 0) is 32.0 Å². The van der Waals surface area contributed by atoms with Crippen molar-refractivity contribution in [1.29, 1.82) is 0 Å². The summed E-state index contributed by atoms with van der Waals surface area (Å²) in [5, 5.41) is 0.971. The molecule has 1 fully saturated rings. The number of benzene rings is 4. The van der Waals surface area contributed by atoms with E-state index in [0.717, 1.165) is 33.6 Å². The highest BCUT2D eigenvalue weighted by molar-refractivity contribution is 7.22. The second kappa shape index (κ2) is 19.2. The summed E-state index contributed by atoms with van der Waals surface area (Å²) in [5.74, 6) is 0.537. The Morgan fingerprint density at radius 1 is 0.984 bits per heavy atom. The Kier molecular flexibility index (Phi) is 13.1. The molecule has 7 aromatic rings. The van der Waals surface area contributed by atoms with Crippen molar-refractivity contribution in [3.05, 3.63) is 136 Å². The number of carbonyl (C=O) groups is 2. The van der Waals surface area contributed by atoms with Crippen LogP contribution < -0.4 is 14.2 Å². The van der Waals surface area contributed by atoms with Gasteiger partial charge in [0.25, 0.3) is 0 Å². The number of thiophene rings is 1. The number of halogens is 2. The highest BCUT2D eigenvalue weighted by Gasteiger charge is 2.30. The Hall–Kier alpha value is -6.32. The minimum absolute atomic E-state index is 0.0414. The first-order valence-electron chi connectivity index (χ1n) is 19.8. The Morgan fingerprint density at radius 2 is 1.79 bits per heavy atom. The maximum absolute atomic E-state index is 14.2. The quantitative estimate of drug-likeness (QED) is 0.0715. The number of aromatic nitrogens is 4. The Labute approximate surface area is 365 Å². The monoisotopic (exact) mass is 874 g/mol. The molecule has 1 aliphatic heterocycles. The smallest absolute Gasteiger partial charge is 0.347 e. The van der Waals surface area contributed by atoms with E-state index in [0.29, 0.717) is 80.0 Å². The summed E-state index contributed by atoms with van der Waals surface area (Å²) in [6, 6.07) is 24.1. The highest BCUT2D eigenvalue weighted by Crippen LogP contribution is 2.49. The molecule has 1 atom stereocenters. The number of fused-ring (bicyclic) bond motifs is 1. The third-order valence-electron chi connectivity index (χ3n) is 10.2. The van der Waals surface area contributed by atoms with Gasteiger partial charge in [0.1, 0.15) is 41.4 Å². The lowest BCUT2D eigenvalue weighted by atomic mass is 9.94. The molecule has 0 bridgehead atoms. The molecule has 1 aliphatic rings. The first-order chi connectivity index (χ1) is 30.3. The fourth-order valence-corrected chi connectivity index (χ4v) is 8.59. The van der Waals surface area contributed by atoms with Gasteiger partial charge in [-0.3, -0.25) is 4.79 Å². The number of hydrogen-bond acceptors (Lipinski definition) is 13. The van der Waals surface area contributed by atoms with Crippen LogP contribution in [0.5, 0.6) is 17.4 Å². The molecule has 15 heteroatoms. The summed E-state index contributed by atoms with van der Waals surface area (Å²) in [6.07, 6.45) is 2.56. The van der Waals surface area contributed by atoms with Crippen molar-refractivity contribution in [3.8, 4) is 50.3 Å². The van der Waals surface area contributed by atoms with Gasteiger partial charge in [0, 0.05) is 34.2 Å². The number of para-hydroxylation sites is 1. The van der Waals surface area contributed by atoms with Crippen molar-refractivity contribution in [3.63, 3.8) is 0 Å². The molecular weight excluding hydrogens is 835 g/mol. The zero-order chi connectivity index (χ0) is 43.2. The normalized spacial score (nSPS) is 13.4. The lowest BCUT2D eigenvalue weighted by Gasteiger charge is -2.25. The van der Waals surface area contributed by atoms with Crippen molar-refractivity contribution in [2.75, 3.05) is 26.9 Å². The molecule has 0 aliphatic carbocycles. The lowest BCUT2D eigenvalue weighted by molar-refractivity contribution is -0.182. The molecule has 0 radical (unpaired) electrons. The predicted molar refractivity (Wildman–Crippen MR) is 232 cm³/mol. The van der Waals surface area contributed by atoms with E-state index in [-0.39, 0.29) is 31.3 Å². The summed E-state index contributed by atoms with van der Waals surface area (Å²) >= 11 is 8.45. The fourth-order valence-electron chi connectivity index (χ4n) is 7.19. The molecule has 4 heterocycles. The molecule has 4 aromatic carbocycles. The van der Waals surface area contributed by atoms with Gasteiger partial charge in [-0.05, 0) is 91.1 Å². The molecular formula is C47H40ClFN4O8S. The Balaban J connectivity index is 1.17. The van der Waals surface area contributed by atoms with Gasteiger partial charge < -0.3 is 28.4 Å². The molecule has 1 saturated heterocycles. The van der Waals surface area contributed by atoms with Gasteiger partial charge in [0.2, 0.25) is 12.0 Å². The van der Waals surface area contributed by atoms with Crippen LogP contribution >= 0.6 is 22.9 Å². The summed E-state index contributed by atoms with van der Waals surface area (Å²) < 4.78 is 50.0. The number of rotatable bonds is 15. The van der Waals surface area contributed by atoms with Gasteiger partial charge in [-0.2, -0.15) is 0 Å². The Morgan fingerprint density at radius 3 is 2.56 bits per heavy atom. The predicted octanol–water partition coefficient (Wildman–Crippen LogP) is 9.97. The maximum Gasteiger partial charge on any atom is 0.347 e. The summed E-state index contributed by atoms with van der Waals surface area (Å²) in [6.45, 7) is 4.81. The molecule has 0 saturated carbocycles. The van der Waals surface area contributed by atoms with Crippen molar-refractivity contribution in [2.24, 2.45) is 0 Å². The summed E-state index contributed by atoms with van der Waals surface area (Å²) in [4.78, 5) is 45.6. The first-order valence-corrected chi connectivity index (χ1v) is 21.0. The molecule has 0 N–H and O–H groups in total. The fraction of sp³-hybridized carbons (Fsp3) is 0.234. The number of nitrogens with zero attached hydrogens (tertiary/aromatic N) is 4. The zero-order valence-corrected chi connectivity index (χ0v) is 35.5. The van der Waals surface area contributed by atoms with Crippen molar-refractivity contribution in [1.82, 2.24) is 19.9 Å². The van der Waals surface area contributed by atoms with Crippen LogP contribution in [0.1, 0.15) is 52.4 Å².